The van der Waals surface area contributed by atoms with E-state index in [0.717, 1.165) is 70.6 Å². The van der Waals surface area contributed by atoms with E-state index in [1.807, 2.05) is 16.7 Å². The van der Waals surface area contributed by atoms with E-state index in [2.05, 4.69) is 14.9 Å². The summed E-state index contributed by atoms with van der Waals surface area (Å²) in [5, 5.41) is 0. The molecule has 0 bridgehead atoms. The van der Waals surface area contributed by atoms with E-state index in [-0.39, 0.29) is 11.8 Å². The highest BCUT2D eigenvalue weighted by molar-refractivity contribution is 5.94. The molecule has 0 spiro atoms. The van der Waals surface area contributed by atoms with Crippen LogP contribution in [0.15, 0.2) is 12.5 Å². The summed E-state index contributed by atoms with van der Waals surface area (Å²) in [5.41, 5.74) is 1.33. The van der Waals surface area contributed by atoms with E-state index in [0.29, 0.717) is 30.7 Å². The summed E-state index contributed by atoms with van der Waals surface area (Å²) in [6.45, 7) is 7.99. The van der Waals surface area contributed by atoms with Gasteiger partial charge >= 0.3 is 0 Å². The van der Waals surface area contributed by atoms with Crippen LogP contribution in [0.4, 0.5) is 0 Å². The Labute approximate surface area is 172 Å². The predicted molar refractivity (Wildman–Crippen MR) is 107 cm³/mol. The zero-order valence-corrected chi connectivity index (χ0v) is 17.3. The van der Waals surface area contributed by atoms with Crippen LogP contribution in [0.25, 0.3) is 0 Å². The largest absolute Gasteiger partial charge is 0.378 e. The number of piperidine rings is 2. The predicted octanol–water partition coefficient (Wildman–Crippen LogP) is 0.960. The van der Waals surface area contributed by atoms with Crippen LogP contribution in [0, 0.1) is 12.8 Å². The minimum atomic E-state index is 0.0283. The maximum absolute atomic E-state index is 12.9. The third-order valence-electron chi connectivity index (χ3n) is 6.53. The molecule has 4 heterocycles. The quantitative estimate of drug-likeness (QED) is 0.751. The Morgan fingerprint density at radius 2 is 1.79 bits per heavy atom. The molecule has 0 aromatic carbocycles. The molecule has 0 unspecified atom stereocenters. The number of aromatic nitrogens is 2. The fourth-order valence-corrected chi connectivity index (χ4v) is 4.79. The van der Waals surface area contributed by atoms with Crippen LogP contribution in [-0.2, 0) is 9.53 Å². The smallest absolute Gasteiger partial charge is 0.257 e. The third kappa shape index (κ3) is 4.59. The fourth-order valence-electron chi connectivity index (χ4n) is 4.79. The van der Waals surface area contributed by atoms with E-state index in [1.165, 1.54) is 6.33 Å². The Hall–Kier alpha value is -2.06. The molecule has 8 nitrogen and oxygen atoms in total. The summed E-state index contributed by atoms with van der Waals surface area (Å²) in [7, 11) is 0. The van der Waals surface area contributed by atoms with Gasteiger partial charge in [-0.25, -0.2) is 9.97 Å². The Morgan fingerprint density at radius 3 is 2.52 bits per heavy atom. The Balaban J connectivity index is 1.30. The third-order valence-corrected chi connectivity index (χ3v) is 6.53. The second-order valence-electron chi connectivity index (χ2n) is 8.32. The molecule has 1 aromatic heterocycles. The highest BCUT2D eigenvalue weighted by Crippen LogP contribution is 2.26. The number of ether oxygens (including phenoxy) is 1. The maximum atomic E-state index is 12.9. The molecule has 0 aliphatic carbocycles. The van der Waals surface area contributed by atoms with E-state index >= 15 is 0 Å². The number of carbonyl (C=O) groups is 2. The Kier molecular flexibility index (Phi) is 6.40. The van der Waals surface area contributed by atoms with Crippen molar-refractivity contribution in [3.8, 4) is 0 Å². The number of hydrogen-bond acceptors (Lipinski definition) is 6. The second-order valence-corrected chi connectivity index (χ2v) is 8.32. The van der Waals surface area contributed by atoms with Gasteiger partial charge < -0.3 is 14.5 Å². The summed E-state index contributed by atoms with van der Waals surface area (Å²) in [6.07, 6.45) is 7.05. The molecule has 8 heteroatoms. The van der Waals surface area contributed by atoms with Crippen molar-refractivity contribution in [2.24, 2.45) is 5.92 Å². The zero-order valence-electron chi connectivity index (χ0n) is 17.3. The summed E-state index contributed by atoms with van der Waals surface area (Å²) >= 11 is 0. The minimum Gasteiger partial charge on any atom is -0.378 e. The fraction of sp³-hybridized carbons (Fsp3) is 0.714. The Morgan fingerprint density at radius 1 is 1.03 bits per heavy atom. The van der Waals surface area contributed by atoms with Crippen molar-refractivity contribution in [2.75, 3.05) is 52.5 Å². The molecule has 0 radical (unpaired) electrons. The monoisotopic (exact) mass is 401 g/mol. The minimum absolute atomic E-state index is 0.0283. The highest BCUT2D eigenvalue weighted by atomic mass is 16.5. The number of rotatable bonds is 3. The summed E-state index contributed by atoms with van der Waals surface area (Å²) in [6, 6.07) is 0.451. The summed E-state index contributed by atoms with van der Waals surface area (Å²) in [4.78, 5) is 40.2. The van der Waals surface area contributed by atoms with Crippen LogP contribution in [0.1, 0.15) is 41.7 Å². The molecule has 3 fully saturated rings. The summed E-state index contributed by atoms with van der Waals surface area (Å²) in [5.74, 6) is 0.427. The van der Waals surface area contributed by atoms with Crippen LogP contribution in [-0.4, -0.2) is 95.0 Å². The molecule has 3 saturated heterocycles. The van der Waals surface area contributed by atoms with E-state index < -0.39 is 0 Å². The number of aryl methyl sites for hydroxylation is 1. The van der Waals surface area contributed by atoms with E-state index in [1.54, 1.807) is 6.20 Å². The van der Waals surface area contributed by atoms with Gasteiger partial charge in [-0.05, 0) is 39.2 Å². The number of carbonyl (C=O) groups excluding carboxylic acids is 2. The van der Waals surface area contributed by atoms with Gasteiger partial charge in [0.25, 0.3) is 5.91 Å². The van der Waals surface area contributed by atoms with Gasteiger partial charge in [0.1, 0.15) is 6.33 Å². The SMILES string of the molecule is Cc1ncncc1C(=O)N1CCC(N2CCC[C@@H](C(=O)N3CCOCC3)C2)CC1. The number of morpholine rings is 1. The first kappa shape index (κ1) is 20.2. The lowest BCUT2D eigenvalue weighted by Crippen LogP contribution is -2.53. The molecule has 3 aliphatic heterocycles. The van der Waals surface area contributed by atoms with Crippen LogP contribution in [0.3, 0.4) is 0 Å². The molecule has 0 saturated carbocycles. The second kappa shape index (κ2) is 9.17. The molecule has 158 valence electrons. The van der Waals surface area contributed by atoms with Crippen molar-refractivity contribution in [1.82, 2.24) is 24.7 Å². The summed E-state index contributed by atoms with van der Waals surface area (Å²) < 4.78 is 5.38. The molecular weight excluding hydrogens is 370 g/mol. The van der Waals surface area contributed by atoms with Gasteiger partial charge in [0.2, 0.25) is 5.91 Å². The van der Waals surface area contributed by atoms with Gasteiger partial charge in [0.15, 0.2) is 0 Å². The topological polar surface area (TPSA) is 78.9 Å². The van der Waals surface area contributed by atoms with Gasteiger partial charge in [0, 0.05) is 45.0 Å². The van der Waals surface area contributed by atoms with Crippen LogP contribution >= 0.6 is 0 Å². The normalized spacial score (nSPS) is 24.5. The maximum Gasteiger partial charge on any atom is 0.257 e. The zero-order chi connectivity index (χ0) is 20.2. The van der Waals surface area contributed by atoms with E-state index in [9.17, 15) is 9.59 Å². The lowest BCUT2D eigenvalue weighted by atomic mass is 9.92. The van der Waals surface area contributed by atoms with Gasteiger partial charge in [-0.2, -0.15) is 0 Å². The lowest BCUT2D eigenvalue weighted by molar-refractivity contribution is -0.141. The standard InChI is InChI=1S/C21H31N5O3/c1-16-19(13-22-15-23-16)21(28)24-7-4-18(5-8-24)26-6-2-3-17(14-26)20(27)25-9-11-29-12-10-25/h13,15,17-18H,2-12,14H2,1H3/t17-/m1/s1. The first-order chi connectivity index (χ1) is 14.1. The molecular formula is C21H31N5O3. The molecule has 1 aromatic rings. The average molecular weight is 402 g/mol. The number of likely N-dealkylation sites (tertiary alicyclic amines) is 2. The molecule has 1 atom stereocenters. The number of hydrogen-bond donors (Lipinski definition) is 0. The molecule has 2 amide bonds. The van der Waals surface area contributed by atoms with Crippen LogP contribution in [0.2, 0.25) is 0 Å². The lowest BCUT2D eigenvalue weighted by Gasteiger charge is -2.43. The molecule has 4 rings (SSSR count). The molecule has 0 N–H and O–H groups in total. The van der Waals surface area contributed by atoms with E-state index in [4.69, 9.17) is 4.74 Å². The van der Waals surface area contributed by atoms with Crippen molar-refractivity contribution < 1.29 is 14.3 Å². The van der Waals surface area contributed by atoms with Crippen molar-refractivity contribution in [2.45, 2.75) is 38.6 Å². The number of amides is 2. The van der Waals surface area contributed by atoms with Gasteiger partial charge in [-0.1, -0.05) is 0 Å². The Bertz CT molecular complexity index is 729. The van der Waals surface area contributed by atoms with Gasteiger partial charge in [-0.15, -0.1) is 0 Å². The van der Waals surface area contributed by atoms with Crippen molar-refractivity contribution in [3.05, 3.63) is 23.8 Å². The molecule has 29 heavy (non-hydrogen) atoms. The van der Waals surface area contributed by atoms with Crippen LogP contribution in [0.5, 0.6) is 0 Å². The number of nitrogens with zero attached hydrogens (tertiary/aromatic N) is 5. The van der Waals surface area contributed by atoms with Crippen molar-refractivity contribution >= 4 is 11.8 Å². The van der Waals surface area contributed by atoms with Crippen molar-refractivity contribution in [1.29, 1.82) is 0 Å². The van der Waals surface area contributed by atoms with Gasteiger partial charge in [-0.3, -0.25) is 14.5 Å². The van der Waals surface area contributed by atoms with Gasteiger partial charge in [0.05, 0.1) is 30.4 Å². The first-order valence-electron chi connectivity index (χ1n) is 10.8. The molecule has 3 aliphatic rings. The highest BCUT2D eigenvalue weighted by Gasteiger charge is 2.34. The first-order valence-corrected chi connectivity index (χ1v) is 10.8. The average Bonchev–Trinajstić information content (AvgIpc) is 2.79. The van der Waals surface area contributed by atoms with Crippen LogP contribution < -0.4 is 0 Å². The van der Waals surface area contributed by atoms with Crippen molar-refractivity contribution in [3.63, 3.8) is 0 Å².